The van der Waals surface area contributed by atoms with Crippen LogP contribution in [0.25, 0.3) is 0 Å². The molecule has 1 aliphatic carbocycles. The highest BCUT2D eigenvalue weighted by molar-refractivity contribution is 7.89. The lowest BCUT2D eigenvalue weighted by Gasteiger charge is -2.23. The molecule has 0 bridgehead atoms. The highest BCUT2D eigenvalue weighted by Gasteiger charge is 2.42. The summed E-state index contributed by atoms with van der Waals surface area (Å²) < 4.78 is 26.5. The molecule has 104 valence electrons. The lowest BCUT2D eigenvalue weighted by atomic mass is 9.87. The summed E-state index contributed by atoms with van der Waals surface area (Å²) in [7, 11) is -3.63. The number of carbonyl (C=O) groups is 1. The van der Waals surface area contributed by atoms with Crippen molar-refractivity contribution in [2.45, 2.75) is 30.6 Å². The molecule has 0 saturated heterocycles. The van der Waals surface area contributed by atoms with Crippen LogP contribution in [0.1, 0.15) is 25.7 Å². The third-order valence-corrected chi connectivity index (χ3v) is 5.09. The summed E-state index contributed by atoms with van der Waals surface area (Å²) in [5.74, 6) is -0.916. The molecule has 2 N–H and O–H groups in total. The van der Waals surface area contributed by atoms with Crippen molar-refractivity contribution < 1.29 is 18.3 Å². The second-order valence-electron chi connectivity index (χ2n) is 4.93. The largest absolute Gasteiger partial charge is 0.481 e. The lowest BCUT2D eigenvalue weighted by molar-refractivity contribution is -0.148. The van der Waals surface area contributed by atoms with E-state index in [0.29, 0.717) is 12.8 Å². The van der Waals surface area contributed by atoms with Gasteiger partial charge in [0.05, 0.1) is 10.3 Å². The zero-order valence-electron chi connectivity index (χ0n) is 10.5. The van der Waals surface area contributed by atoms with Crippen LogP contribution >= 0.6 is 0 Å². The molecule has 1 fully saturated rings. The molecular weight excluding hydrogens is 266 g/mol. The van der Waals surface area contributed by atoms with E-state index in [1.165, 1.54) is 12.1 Å². The minimum Gasteiger partial charge on any atom is -0.481 e. The molecule has 0 aliphatic heterocycles. The van der Waals surface area contributed by atoms with Crippen molar-refractivity contribution in [2.75, 3.05) is 6.54 Å². The van der Waals surface area contributed by atoms with Crippen molar-refractivity contribution in [3.8, 4) is 0 Å². The summed E-state index contributed by atoms with van der Waals surface area (Å²) in [6, 6.07) is 7.98. The molecular formula is C13H17NO4S. The van der Waals surface area contributed by atoms with Crippen LogP contribution in [0.15, 0.2) is 35.2 Å². The van der Waals surface area contributed by atoms with Crippen LogP contribution in [0, 0.1) is 5.41 Å². The Bertz CT molecular complexity index is 547. The topological polar surface area (TPSA) is 83.5 Å². The zero-order chi connectivity index (χ0) is 13.9. The molecule has 0 atom stereocenters. The number of carboxylic acid groups (broad SMARTS) is 1. The van der Waals surface area contributed by atoms with Crippen LogP contribution in [0.3, 0.4) is 0 Å². The first-order chi connectivity index (χ1) is 8.96. The first kappa shape index (κ1) is 14.0. The molecule has 0 unspecified atom stereocenters. The molecule has 5 nitrogen and oxygen atoms in total. The predicted molar refractivity (Wildman–Crippen MR) is 70.2 cm³/mol. The number of benzene rings is 1. The number of aliphatic carboxylic acids is 1. The molecule has 6 heteroatoms. The lowest BCUT2D eigenvalue weighted by Crippen LogP contribution is -2.41. The first-order valence-electron chi connectivity index (χ1n) is 6.24. The van der Waals surface area contributed by atoms with Gasteiger partial charge in [-0.05, 0) is 25.0 Å². The molecule has 2 rings (SSSR count). The monoisotopic (exact) mass is 283 g/mol. The standard InChI is InChI=1S/C13H17NO4S/c15-12(16)13(8-4-5-9-13)10-14-19(17,18)11-6-2-1-3-7-11/h1-3,6-7,14H,4-5,8-10H2,(H,15,16). The molecule has 0 heterocycles. The molecule has 1 aliphatic rings. The number of hydrogen-bond acceptors (Lipinski definition) is 3. The van der Waals surface area contributed by atoms with Gasteiger partial charge in [-0.25, -0.2) is 13.1 Å². The molecule has 1 aromatic carbocycles. The van der Waals surface area contributed by atoms with Crippen LogP contribution in [0.5, 0.6) is 0 Å². The Kier molecular flexibility index (Phi) is 3.91. The maximum absolute atomic E-state index is 12.0. The van der Waals surface area contributed by atoms with Crippen molar-refractivity contribution >= 4 is 16.0 Å². The van der Waals surface area contributed by atoms with Crippen LogP contribution in [0.4, 0.5) is 0 Å². The summed E-state index contributed by atoms with van der Waals surface area (Å²) in [6.45, 7) is -0.0421. The highest BCUT2D eigenvalue weighted by atomic mass is 32.2. The van der Waals surface area contributed by atoms with Crippen LogP contribution in [-0.2, 0) is 14.8 Å². The molecule has 1 saturated carbocycles. The Hall–Kier alpha value is -1.40. The Balaban J connectivity index is 2.12. The van der Waals surface area contributed by atoms with E-state index < -0.39 is 21.4 Å². The second-order valence-corrected chi connectivity index (χ2v) is 6.70. The van der Waals surface area contributed by atoms with E-state index >= 15 is 0 Å². The highest BCUT2D eigenvalue weighted by Crippen LogP contribution is 2.38. The van der Waals surface area contributed by atoms with Gasteiger partial charge >= 0.3 is 5.97 Å². The fraction of sp³-hybridized carbons (Fsp3) is 0.462. The predicted octanol–water partition coefficient (Wildman–Crippen LogP) is 1.61. The van der Waals surface area contributed by atoms with Gasteiger partial charge in [0.1, 0.15) is 0 Å². The maximum Gasteiger partial charge on any atom is 0.310 e. The summed E-state index contributed by atoms with van der Waals surface area (Å²) in [5, 5.41) is 9.30. The average Bonchev–Trinajstić information content (AvgIpc) is 2.88. The molecule has 0 aromatic heterocycles. The third-order valence-electron chi connectivity index (χ3n) is 3.67. The normalized spacial score (nSPS) is 18.3. The van der Waals surface area contributed by atoms with E-state index in [4.69, 9.17) is 0 Å². The van der Waals surface area contributed by atoms with E-state index in [0.717, 1.165) is 12.8 Å². The smallest absolute Gasteiger partial charge is 0.310 e. The van der Waals surface area contributed by atoms with E-state index in [9.17, 15) is 18.3 Å². The van der Waals surface area contributed by atoms with Gasteiger partial charge in [-0.15, -0.1) is 0 Å². The van der Waals surface area contributed by atoms with Gasteiger partial charge in [0.25, 0.3) is 0 Å². The second kappa shape index (κ2) is 5.30. The maximum atomic E-state index is 12.0. The minimum absolute atomic E-state index is 0.0421. The Morgan fingerprint density at radius 1 is 1.21 bits per heavy atom. The van der Waals surface area contributed by atoms with Gasteiger partial charge in [0, 0.05) is 6.54 Å². The third kappa shape index (κ3) is 2.96. The van der Waals surface area contributed by atoms with Crippen molar-refractivity contribution in [3.63, 3.8) is 0 Å². The minimum atomic E-state index is -3.63. The molecule has 19 heavy (non-hydrogen) atoms. The quantitative estimate of drug-likeness (QED) is 0.860. The SMILES string of the molecule is O=C(O)C1(CNS(=O)(=O)c2ccccc2)CCCC1. The fourth-order valence-electron chi connectivity index (χ4n) is 2.43. The molecule has 0 spiro atoms. The molecule has 0 amide bonds. The summed E-state index contributed by atoms with van der Waals surface area (Å²) in [6.07, 6.45) is 2.72. The number of nitrogens with one attached hydrogen (secondary N) is 1. The van der Waals surface area contributed by atoms with Gasteiger partial charge in [0.15, 0.2) is 0 Å². The van der Waals surface area contributed by atoms with Gasteiger partial charge in [-0.1, -0.05) is 31.0 Å². The fourth-order valence-corrected chi connectivity index (χ4v) is 3.58. The molecule has 0 radical (unpaired) electrons. The van der Waals surface area contributed by atoms with E-state index in [2.05, 4.69) is 4.72 Å². The van der Waals surface area contributed by atoms with Gasteiger partial charge in [0.2, 0.25) is 10.0 Å². The van der Waals surface area contributed by atoms with Gasteiger partial charge in [-0.3, -0.25) is 4.79 Å². The van der Waals surface area contributed by atoms with E-state index in [1.807, 2.05) is 0 Å². The Morgan fingerprint density at radius 3 is 2.32 bits per heavy atom. The zero-order valence-corrected chi connectivity index (χ0v) is 11.3. The number of sulfonamides is 1. The molecule has 1 aromatic rings. The van der Waals surface area contributed by atoms with Crippen LogP contribution < -0.4 is 4.72 Å². The Labute approximate surface area is 112 Å². The van der Waals surface area contributed by atoms with Crippen LogP contribution in [0.2, 0.25) is 0 Å². The van der Waals surface area contributed by atoms with Crippen LogP contribution in [-0.4, -0.2) is 26.0 Å². The Morgan fingerprint density at radius 2 is 1.79 bits per heavy atom. The number of hydrogen-bond donors (Lipinski definition) is 2. The first-order valence-corrected chi connectivity index (χ1v) is 7.73. The van der Waals surface area contributed by atoms with Crippen molar-refractivity contribution in [2.24, 2.45) is 5.41 Å². The van der Waals surface area contributed by atoms with Gasteiger partial charge < -0.3 is 5.11 Å². The van der Waals surface area contributed by atoms with E-state index in [-0.39, 0.29) is 11.4 Å². The summed E-state index contributed by atoms with van der Waals surface area (Å²) in [4.78, 5) is 11.5. The van der Waals surface area contributed by atoms with E-state index in [1.54, 1.807) is 18.2 Å². The van der Waals surface area contributed by atoms with Crippen molar-refractivity contribution in [3.05, 3.63) is 30.3 Å². The number of carboxylic acids is 1. The van der Waals surface area contributed by atoms with Crippen molar-refractivity contribution in [1.29, 1.82) is 0 Å². The van der Waals surface area contributed by atoms with Crippen molar-refractivity contribution in [1.82, 2.24) is 4.72 Å². The summed E-state index contributed by atoms with van der Waals surface area (Å²) >= 11 is 0. The summed E-state index contributed by atoms with van der Waals surface area (Å²) in [5.41, 5.74) is -0.943. The number of rotatable bonds is 5. The van der Waals surface area contributed by atoms with Gasteiger partial charge in [-0.2, -0.15) is 0 Å². The average molecular weight is 283 g/mol.